The quantitative estimate of drug-likeness (QED) is 0.781. The molecule has 1 heterocycles. The summed E-state index contributed by atoms with van der Waals surface area (Å²) in [6.45, 7) is 2.64. The maximum absolute atomic E-state index is 8.98. The number of aliphatic hydroxyl groups is 1. The molecule has 2 aromatic carbocycles. The van der Waals surface area contributed by atoms with Crippen molar-refractivity contribution in [2.75, 3.05) is 6.61 Å². The third-order valence-electron chi connectivity index (χ3n) is 3.35. The van der Waals surface area contributed by atoms with Crippen LogP contribution in [0.1, 0.15) is 16.8 Å². The molecule has 0 atom stereocenters. The molecule has 0 spiro atoms. The van der Waals surface area contributed by atoms with Gasteiger partial charge in [0, 0.05) is 24.5 Å². The van der Waals surface area contributed by atoms with E-state index in [1.165, 1.54) is 5.56 Å². The standard InChI is InChI=1S/C17H17NO3/c1-12-3-2-4-13(9-12)11-20-14-5-6-15-16(7-8-19)18-21-17(15)10-14/h2-6,9-10,19H,7-8,11H2,1H3. The lowest BCUT2D eigenvalue weighted by Gasteiger charge is -2.06. The average molecular weight is 283 g/mol. The largest absolute Gasteiger partial charge is 0.489 e. The summed E-state index contributed by atoms with van der Waals surface area (Å²) >= 11 is 0. The summed E-state index contributed by atoms with van der Waals surface area (Å²) in [6, 6.07) is 13.9. The van der Waals surface area contributed by atoms with E-state index in [9.17, 15) is 0 Å². The Morgan fingerprint density at radius 3 is 2.90 bits per heavy atom. The Bertz CT molecular complexity index is 749. The lowest BCUT2D eigenvalue weighted by molar-refractivity contribution is 0.295. The molecule has 0 unspecified atom stereocenters. The fourth-order valence-corrected chi connectivity index (χ4v) is 2.31. The highest BCUT2D eigenvalue weighted by atomic mass is 16.5. The Morgan fingerprint density at radius 1 is 1.19 bits per heavy atom. The van der Waals surface area contributed by atoms with Crippen molar-refractivity contribution in [1.29, 1.82) is 0 Å². The summed E-state index contributed by atoms with van der Waals surface area (Å²) in [5, 5.41) is 13.9. The van der Waals surface area contributed by atoms with E-state index in [0.717, 1.165) is 22.4 Å². The van der Waals surface area contributed by atoms with Crippen LogP contribution in [0.15, 0.2) is 47.0 Å². The average Bonchev–Trinajstić information content (AvgIpc) is 2.88. The van der Waals surface area contributed by atoms with Crippen LogP contribution in [0.3, 0.4) is 0 Å². The predicted molar refractivity (Wildman–Crippen MR) is 80.3 cm³/mol. The Kier molecular flexibility index (Phi) is 3.88. The molecular weight excluding hydrogens is 266 g/mol. The third-order valence-corrected chi connectivity index (χ3v) is 3.35. The van der Waals surface area contributed by atoms with E-state index in [1.807, 2.05) is 30.3 Å². The van der Waals surface area contributed by atoms with Crippen molar-refractivity contribution in [3.8, 4) is 5.75 Å². The number of aryl methyl sites for hydroxylation is 1. The minimum absolute atomic E-state index is 0.0627. The fraction of sp³-hybridized carbons (Fsp3) is 0.235. The smallest absolute Gasteiger partial charge is 0.170 e. The van der Waals surface area contributed by atoms with E-state index in [-0.39, 0.29) is 6.61 Å². The lowest BCUT2D eigenvalue weighted by Crippen LogP contribution is -1.95. The van der Waals surface area contributed by atoms with E-state index < -0.39 is 0 Å². The molecule has 0 aliphatic heterocycles. The number of aromatic nitrogens is 1. The molecule has 0 fully saturated rings. The molecule has 1 N–H and O–H groups in total. The molecule has 4 nitrogen and oxygen atoms in total. The van der Waals surface area contributed by atoms with Crippen LogP contribution >= 0.6 is 0 Å². The van der Waals surface area contributed by atoms with E-state index in [2.05, 4.69) is 24.2 Å². The maximum atomic E-state index is 8.98. The van der Waals surface area contributed by atoms with Gasteiger partial charge in [0.25, 0.3) is 0 Å². The second-order valence-electron chi connectivity index (χ2n) is 5.04. The first-order valence-electron chi connectivity index (χ1n) is 6.94. The predicted octanol–water partition coefficient (Wildman–Crippen LogP) is 3.25. The van der Waals surface area contributed by atoms with Crippen LogP contribution in [0, 0.1) is 6.92 Å². The van der Waals surface area contributed by atoms with Crippen LogP contribution in [0.2, 0.25) is 0 Å². The van der Waals surface area contributed by atoms with Crippen molar-refractivity contribution in [2.45, 2.75) is 20.0 Å². The summed E-state index contributed by atoms with van der Waals surface area (Å²) in [7, 11) is 0. The summed E-state index contributed by atoms with van der Waals surface area (Å²) < 4.78 is 11.1. The minimum Gasteiger partial charge on any atom is -0.489 e. The highest BCUT2D eigenvalue weighted by Crippen LogP contribution is 2.24. The topological polar surface area (TPSA) is 55.5 Å². The first kappa shape index (κ1) is 13.6. The monoisotopic (exact) mass is 283 g/mol. The van der Waals surface area contributed by atoms with Gasteiger partial charge in [0.2, 0.25) is 0 Å². The minimum atomic E-state index is 0.0627. The van der Waals surface area contributed by atoms with Gasteiger partial charge in [-0.05, 0) is 24.6 Å². The van der Waals surface area contributed by atoms with Gasteiger partial charge in [0.1, 0.15) is 12.4 Å². The normalized spacial score (nSPS) is 11.0. The number of rotatable bonds is 5. The van der Waals surface area contributed by atoms with E-state index in [1.54, 1.807) is 0 Å². The molecule has 0 bridgehead atoms. The first-order valence-corrected chi connectivity index (χ1v) is 6.94. The van der Waals surface area contributed by atoms with Crippen LogP contribution < -0.4 is 4.74 Å². The number of fused-ring (bicyclic) bond motifs is 1. The van der Waals surface area contributed by atoms with Gasteiger partial charge < -0.3 is 14.4 Å². The van der Waals surface area contributed by atoms with Crippen LogP contribution in [-0.4, -0.2) is 16.9 Å². The van der Waals surface area contributed by atoms with Gasteiger partial charge in [-0.3, -0.25) is 0 Å². The first-order chi connectivity index (χ1) is 10.3. The molecule has 4 heteroatoms. The maximum Gasteiger partial charge on any atom is 0.170 e. The number of nitrogens with zero attached hydrogens (tertiary/aromatic N) is 1. The number of hydrogen-bond acceptors (Lipinski definition) is 4. The summed E-state index contributed by atoms with van der Waals surface area (Å²) in [5.41, 5.74) is 3.81. The number of aliphatic hydroxyl groups excluding tert-OH is 1. The Balaban J connectivity index is 1.75. The molecule has 0 aliphatic rings. The lowest BCUT2D eigenvalue weighted by atomic mass is 10.1. The molecule has 108 valence electrons. The SMILES string of the molecule is Cc1cccc(COc2ccc3c(CCO)noc3c2)c1. The molecule has 0 saturated heterocycles. The summed E-state index contributed by atoms with van der Waals surface area (Å²) in [6.07, 6.45) is 0.497. The van der Waals surface area contributed by atoms with Gasteiger partial charge in [0.15, 0.2) is 5.58 Å². The van der Waals surface area contributed by atoms with Crippen molar-refractivity contribution in [2.24, 2.45) is 0 Å². The second-order valence-corrected chi connectivity index (χ2v) is 5.04. The van der Waals surface area contributed by atoms with Crippen LogP contribution in [0.4, 0.5) is 0 Å². The molecule has 0 amide bonds. The van der Waals surface area contributed by atoms with Gasteiger partial charge in [-0.15, -0.1) is 0 Å². The molecular formula is C17H17NO3. The highest BCUT2D eigenvalue weighted by molar-refractivity contribution is 5.80. The molecule has 0 radical (unpaired) electrons. The second kappa shape index (κ2) is 5.97. The number of benzene rings is 2. The summed E-state index contributed by atoms with van der Waals surface area (Å²) in [5.74, 6) is 0.746. The van der Waals surface area contributed by atoms with E-state index >= 15 is 0 Å². The fourth-order valence-electron chi connectivity index (χ4n) is 2.31. The number of ether oxygens (including phenoxy) is 1. The van der Waals surface area contributed by atoms with Crippen LogP contribution in [0.25, 0.3) is 11.0 Å². The van der Waals surface area contributed by atoms with Crippen molar-refractivity contribution in [3.05, 3.63) is 59.3 Å². The van der Waals surface area contributed by atoms with Gasteiger partial charge in [-0.1, -0.05) is 35.0 Å². The highest BCUT2D eigenvalue weighted by Gasteiger charge is 2.08. The van der Waals surface area contributed by atoms with Gasteiger partial charge in [0.05, 0.1) is 5.69 Å². The zero-order chi connectivity index (χ0) is 14.7. The Hall–Kier alpha value is -2.33. The van der Waals surface area contributed by atoms with Crippen molar-refractivity contribution in [3.63, 3.8) is 0 Å². The Labute approximate surface area is 123 Å². The van der Waals surface area contributed by atoms with E-state index in [0.29, 0.717) is 18.6 Å². The third kappa shape index (κ3) is 3.06. The molecule has 1 aromatic heterocycles. The zero-order valence-electron chi connectivity index (χ0n) is 11.9. The summed E-state index contributed by atoms with van der Waals surface area (Å²) in [4.78, 5) is 0. The molecule has 21 heavy (non-hydrogen) atoms. The zero-order valence-corrected chi connectivity index (χ0v) is 11.9. The van der Waals surface area contributed by atoms with Crippen molar-refractivity contribution >= 4 is 11.0 Å². The van der Waals surface area contributed by atoms with Crippen molar-refractivity contribution < 1.29 is 14.4 Å². The van der Waals surface area contributed by atoms with Crippen molar-refractivity contribution in [1.82, 2.24) is 5.16 Å². The molecule has 3 aromatic rings. The van der Waals surface area contributed by atoms with Gasteiger partial charge in [-0.2, -0.15) is 0 Å². The molecule has 0 aliphatic carbocycles. The van der Waals surface area contributed by atoms with Gasteiger partial charge in [-0.25, -0.2) is 0 Å². The molecule has 0 saturated carbocycles. The molecule has 3 rings (SSSR count). The number of hydrogen-bond donors (Lipinski definition) is 1. The van der Waals surface area contributed by atoms with Crippen LogP contribution in [0.5, 0.6) is 5.75 Å². The Morgan fingerprint density at radius 2 is 2.10 bits per heavy atom. The van der Waals surface area contributed by atoms with Gasteiger partial charge >= 0.3 is 0 Å². The van der Waals surface area contributed by atoms with Crippen LogP contribution in [-0.2, 0) is 13.0 Å². The van der Waals surface area contributed by atoms with E-state index in [4.69, 9.17) is 14.4 Å².